The second-order valence-electron chi connectivity index (χ2n) is 3.73. The van der Waals surface area contributed by atoms with Gasteiger partial charge in [0, 0.05) is 29.6 Å². The van der Waals surface area contributed by atoms with E-state index in [1.54, 1.807) is 0 Å². The Balaban J connectivity index is 2.89. The van der Waals surface area contributed by atoms with Crippen LogP contribution in [0, 0.1) is 10.1 Å². The fraction of sp³-hybridized carbons (Fsp3) is 0.400. The van der Waals surface area contributed by atoms with Crippen LogP contribution in [-0.4, -0.2) is 17.0 Å². The van der Waals surface area contributed by atoms with Gasteiger partial charge in [0.25, 0.3) is 5.69 Å². The SMILES string of the molecule is CC(F)(F)C(F)(F)OCc1cc([N+](=O)[O-])ccc1Cl. The van der Waals surface area contributed by atoms with Crippen LogP contribution >= 0.6 is 11.6 Å². The number of alkyl halides is 4. The van der Waals surface area contributed by atoms with Crippen molar-refractivity contribution in [2.75, 3.05) is 0 Å². The molecule has 0 saturated carbocycles. The van der Waals surface area contributed by atoms with Crippen molar-refractivity contribution in [2.24, 2.45) is 0 Å². The highest BCUT2D eigenvalue weighted by Crippen LogP contribution is 2.36. The van der Waals surface area contributed by atoms with Crippen molar-refractivity contribution >= 4 is 17.3 Å². The van der Waals surface area contributed by atoms with Gasteiger partial charge in [-0.1, -0.05) is 11.6 Å². The van der Waals surface area contributed by atoms with Crippen LogP contribution in [0.3, 0.4) is 0 Å². The minimum atomic E-state index is -4.69. The lowest BCUT2D eigenvalue weighted by molar-refractivity contribution is -0.385. The average Bonchev–Trinajstić information content (AvgIpc) is 2.26. The van der Waals surface area contributed by atoms with E-state index in [9.17, 15) is 27.7 Å². The molecule has 0 saturated heterocycles. The quantitative estimate of drug-likeness (QED) is 0.469. The summed E-state index contributed by atoms with van der Waals surface area (Å²) >= 11 is 5.61. The molecule has 0 radical (unpaired) electrons. The normalized spacial score (nSPS) is 12.5. The molecule has 0 aliphatic rings. The fourth-order valence-corrected chi connectivity index (χ4v) is 1.25. The van der Waals surface area contributed by atoms with Crippen molar-refractivity contribution in [1.82, 2.24) is 0 Å². The molecular formula is C10H8ClF4NO3. The third-order valence-corrected chi connectivity index (χ3v) is 2.53. The van der Waals surface area contributed by atoms with Crippen molar-refractivity contribution in [3.8, 4) is 0 Å². The summed E-state index contributed by atoms with van der Waals surface area (Å²) < 4.78 is 54.5. The van der Waals surface area contributed by atoms with Gasteiger partial charge in [-0.2, -0.15) is 17.6 Å². The summed E-state index contributed by atoms with van der Waals surface area (Å²) in [6, 6.07) is 3.03. The topological polar surface area (TPSA) is 52.4 Å². The summed E-state index contributed by atoms with van der Waals surface area (Å²) in [4.78, 5) is 9.71. The van der Waals surface area contributed by atoms with E-state index in [0.29, 0.717) is 0 Å². The first-order chi connectivity index (χ1) is 8.54. The number of ether oxygens (including phenoxy) is 1. The maximum atomic E-state index is 12.9. The Morgan fingerprint density at radius 2 is 1.95 bits per heavy atom. The van der Waals surface area contributed by atoms with E-state index < -0.39 is 29.2 Å². The Labute approximate surface area is 110 Å². The molecule has 0 aliphatic carbocycles. The molecular weight excluding hydrogens is 294 g/mol. The van der Waals surface area contributed by atoms with E-state index in [2.05, 4.69) is 4.74 Å². The van der Waals surface area contributed by atoms with E-state index in [1.165, 1.54) is 0 Å². The molecule has 0 unspecified atom stereocenters. The summed E-state index contributed by atoms with van der Waals surface area (Å²) in [7, 11) is 0. The lowest BCUT2D eigenvalue weighted by Crippen LogP contribution is -2.40. The van der Waals surface area contributed by atoms with E-state index in [0.717, 1.165) is 18.2 Å². The van der Waals surface area contributed by atoms with Crippen LogP contribution in [-0.2, 0) is 11.3 Å². The van der Waals surface area contributed by atoms with Gasteiger partial charge in [0.1, 0.15) is 0 Å². The maximum Gasteiger partial charge on any atom is 0.419 e. The molecule has 4 nitrogen and oxygen atoms in total. The molecule has 0 aromatic heterocycles. The number of hydrogen-bond acceptors (Lipinski definition) is 3. The Morgan fingerprint density at radius 3 is 2.42 bits per heavy atom. The minimum Gasteiger partial charge on any atom is -0.311 e. The number of rotatable bonds is 5. The van der Waals surface area contributed by atoms with Gasteiger partial charge in [-0.15, -0.1) is 0 Å². The Hall–Kier alpha value is -1.41. The first kappa shape index (κ1) is 15.6. The van der Waals surface area contributed by atoms with Gasteiger partial charge in [-0.25, -0.2) is 0 Å². The molecule has 0 atom stereocenters. The van der Waals surface area contributed by atoms with Gasteiger partial charge >= 0.3 is 12.0 Å². The Kier molecular flexibility index (Phi) is 4.36. The standard InChI is InChI=1S/C10H8ClF4NO3/c1-9(12,13)10(14,15)19-5-6-4-7(16(17)18)2-3-8(6)11/h2-4H,5H2,1H3. The number of benzene rings is 1. The third kappa shape index (κ3) is 3.77. The van der Waals surface area contributed by atoms with Crippen LogP contribution in [0.15, 0.2) is 18.2 Å². The molecule has 0 bridgehead atoms. The van der Waals surface area contributed by atoms with Crippen LogP contribution in [0.25, 0.3) is 0 Å². The molecule has 19 heavy (non-hydrogen) atoms. The maximum absolute atomic E-state index is 12.9. The molecule has 106 valence electrons. The van der Waals surface area contributed by atoms with E-state index >= 15 is 0 Å². The zero-order valence-corrected chi connectivity index (χ0v) is 10.3. The van der Waals surface area contributed by atoms with E-state index in [1.807, 2.05) is 0 Å². The lowest BCUT2D eigenvalue weighted by Gasteiger charge is -2.22. The van der Waals surface area contributed by atoms with Crippen molar-refractivity contribution < 1.29 is 27.2 Å². The first-order valence-electron chi connectivity index (χ1n) is 4.87. The van der Waals surface area contributed by atoms with Crippen LogP contribution in [0.5, 0.6) is 0 Å². The molecule has 0 spiro atoms. The number of non-ortho nitro benzene ring substituents is 1. The zero-order chi connectivity index (χ0) is 14.8. The average molecular weight is 302 g/mol. The largest absolute Gasteiger partial charge is 0.419 e. The van der Waals surface area contributed by atoms with Crippen molar-refractivity contribution in [3.05, 3.63) is 38.9 Å². The second kappa shape index (κ2) is 5.30. The van der Waals surface area contributed by atoms with Gasteiger partial charge in [-0.3, -0.25) is 10.1 Å². The summed E-state index contributed by atoms with van der Waals surface area (Å²) in [6.07, 6.45) is -4.69. The van der Waals surface area contributed by atoms with Crippen LogP contribution < -0.4 is 0 Å². The number of nitrogens with zero attached hydrogens (tertiary/aromatic N) is 1. The first-order valence-corrected chi connectivity index (χ1v) is 5.25. The Bertz CT molecular complexity index is 490. The van der Waals surface area contributed by atoms with E-state index in [-0.39, 0.29) is 17.5 Å². The smallest absolute Gasteiger partial charge is 0.311 e. The van der Waals surface area contributed by atoms with Crippen molar-refractivity contribution in [2.45, 2.75) is 25.6 Å². The van der Waals surface area contributed by atoms with Crippen LogP contribution in [0.4, 0.5) is 23.2 Å². The fourth-order valence-electron chi connectivity index (χ4n) is 1.08. The second-order valence-corrected chi connectivity index (χ2v) is 4.13. The molecule has 1 rings (SSSR count). The van der Waals surface area contributed by atoms with Gasteiger partial charge in [0.2, 0.25) is 0 Å². The zero-order valence-electron chi connectivity index (χ0n) is 9.50. The Morgan fingerprint density at radius 1 is 1.37 bits per heavy atom. The minimum absolute atomic E-state index is 0.00203. The summed E-state index contributed by atoms with van der Waals surface area (Å²) in [5.41, 5.74) is -0.589. The number of hydrogen-bond donors (Lipinski definition) is 0. The highest BCUT2D eigenvalue weighted by molar-refractivity contribution is 6.31. The summed E-state index contributed by atoms with van der Waals surface area (Å²) in [5.74, 6) is -4.37. The van der Waals surface area contributed by atoms with Crippen LogP contribution in [0.1, 0.15) is 12.5 Å². The molecule has 0 heterocycles. The number of nitro benzene ring substituents is 1. The van der Waals surface area contributed by atoms with Crippen LogP contribution in [0.2, 0.25) is 5.02 Å². The summed E-state index contributed by atoms with van der Waals surface area (Å²) in [6.45, 7) is -0.973. The van der Waals surface area contributed by atoms with Gasteiger partial charge < -0.3 is 4.74 Å². The molecule has 0 aliphatic heterocycles. The number of nitro groups is 1. The monoisotopic (exact) mass is 301 g/mol. The number of halogens is 5. The third-order valence-electron chi connectivity index (χ3n) is 2.16. The molecule has 0 amide bonds. The predicted octanol–water partition coefficient (Wildman–Crippen LogP) is 4.01. The van der Waals surface area contributed by atoms with Crippen molar-refractivity contribution in [1.29, 1.82) is 0 Å². The lowest BCUT2D eigenvalue weighted by atomic mass is 10.2. The van der Waals surface area contributed by atoms with Crippen molar-refractivity contribution in [3.63, 3.8) is 0 Å². The molecule has 0 N–H and O–H groups in total. The molecule has 9 heteroatoms. The molecule has 0 fully saturated rings. The predicted molar refractivity (Wildman–Crippen MR) is 58.5 cm³/mol. The summed E-state index contributed by atoms with van der Waals surface area (Å²) in [5, 5.41) is 10.4. The van der Waals surface area contributed by atoms with Gasteiger partial charge in [-0.05, 0) is 6.07 Å². The highest BCUT2D eigenvalue weighted by atomic mass is 35.5. The van der Waals surface area contributed by atoms with E-state index in [4.69, 9.17) is 11.6 Å². The highest BCUT2D eigenvalue weighted by Gasteiger charge is 2.53. The molecule has 1 aromatic carbocycles. The molecule has 1 aromatic rings. The van der Waals surface area contributed by atoms with Gasteiger partial charge in [0.05, 0.1) is 11.5 Å². The van der Waals surface area contributed by atoms with Gasteiger partial charge in [0.15, 0.2) is 0 Å².